The molecule has 6 rings (SSSR count). The van der Waals surface area contributed by atoms with Crippen LogP contribution in [-0.2, 0) is 26.1 Å². The molecule has 2 heterocycles. The van der Waals surface area contributed by atoms with Gasteiger partial charge < -0.3 is 9.45 Å². The van der Waals surface area contributed by atoms with Crippen LogP contribution in [0.15, 0.2) is 94.4 Å². The van der Waals surface area contributed by atoms with Crippen LogP contribution in [-0.4, -0.2) is 31.8 Å². The van der Waals surface area contributed by atoms with Crippen LogP contribution < -0.4 is 9.47 Å². The summed E-state index contributed by atoms with van der Waals surface area (Å²) in [5.74, 6) is -1.34. The van der Waals surface area contributed by atoms with Gasteiger partial charge >= 0.3 is 0 Å². The first-order chi connectivity index (χ1) is 19.5. The first-order valence-electron chi connectivity index (χ1n) is 12.6. The number of rotatable bonds is 7. The number of anilines is 1. The van der Waals surface area contributed by atoms with Gasteiger partial charge in [-0.25, -0.2) is 8.42 Å². The molecule has 1 aliphatic heterocycles. The van der Waals surface area contributed by atoms with Gasteiger partial charge in [-0.2, -0.15) is 13.0 Å². The van der Waals surface area contributed by atoms with E-state index in [2.05, 4.69) is 0 Å². The van der Waals surface area contributed by atoms with Crippen molar-refractivity contribution in [1.29, 1.82) is 0 Å². The zero-order chi connectivity index (χ0) is 28.9. The molecule has 4 aromatic carbocycles. The maximum Gasteiger partial charge on any atom is 0.283 e. The second kappa shape index (κ2) is 10.5. The number of hydrogen-bond donors (Lipinski definition) is 1. The minimum atomic E-state index is -4.61. The zero-order valence-electron chi connectivity index (χ0n) is 21.7. The van der Waals surface area contributed by atoms with E-state index >= 15 is 0 Å². The molecule has 0 aliphatic carbocycles. The van der Waals surface area contributed by atoms with Gasteiger partial charge in [0.25, 0.3) is 15.1 Å². The van der Waals surface area contributed by atoms with Crippen molar-refractivity contribution in [2.75, 3.05) is 10.8 Å². The molecular weight excluding hydrogens is 601 g/mol. The highest BCUT2D eigenvalue weighted by Crippen LogP contribution is 2.50. The lowest BCUT2D eigenvalue weighted by Gasteiger charge is -2.20. The summed E-state index contributed by atoms with van der Waals surface area (Å²) in [4.78, 5) is 2.45. The van der Waals surface area contributed by atoms with Gasteiger partial charge in [0.05, 0.1) is 16.1 Å². The summed E-state index contributed by atoms with van der Waals surface area (Å²) in [6.07, 6.45) is 4.23. The lowest BCUT2D eigenvalue weighted by molar-refractivity contribution is -0.648. The van der Waals surface area contributed by atoms with Crippen molar-refractivity contribution in [2.45, 2.75) is 24.1 Å². The van der Waals surface area contributed by atoms with Crippen molar-refractivity contribution < 1.29 is 30.5 Å². The van der Waals surface area contributed by atoms with Crippen LogP contribution in [0.1, 0.15) is 18.4 Å². The van der Waals surface area contributed by atoms with Crippen LogP contribution >= 0.6 is 23.1 Å². The summed E-state index contributed by atoms with van der Waals surface area (Å²) in [6, 6.07) is 23.0. The molecule has 0 saturated carbocycles. The quantitative estimate of drug-likeness (QED) is 0.171. The molecule has 5 aromatic rings. The van der Waals surface area contributed by atoms with E-state index in [1.54, 1.807) is 9.47 Å². The van der Waals surface area contributed by atoms with Crippen molar-refractivity contribution in [3.8, 4) is 0 Å². The van der Waals surface area contributed by atoms with E-state index in [0.29, 0.717) is 27.7 Å². The minimum Gasteiger partial charge on any atom is -0.743 e. The van der Waals surface area contributed by atoms with Crippen LogP contribution in [0.4, 0.5) is 5.69 Å². The van der Waals surface area contributed by atoms with Crippen LogP contribution in [0.3, 0.4) is 0 Å². The lowest BCUT2D eigenvalue weighted by Crippen LogP contribution is -2.39. The molecular formula is C29H24N2O6S4. The number of fused-ring (bicyclic) bond motifs is 6. The predicted molar refractivity (Wildman–Crippen MR) is 164 cm³/mol. The molecule has 0 spiro atoms. The molecule has 41 heavy (non-hydrogen) atoms. The Balaban J connectivity index is 1.52. The fourth-order valence-electron chi connectivity index (χ4n) is 5.10. The van der Waals surface area contributed by atoms with Crippen molar-refractivity contribution in [2.24, 2.45) is 0 Å². The maximum absolute atomic E-state index is 12.1. The number of benzene rings is 4. The molecule has 0 amide bonds. The normalized spacial score (nSPS) is 15.4. The van der Waals surface area contributed by atoms with Crippen LogP contribution in [0, 0.1) is 0 Å². The summed E-state index contributed by atoms with van der Waals surface area (Å²) >= 11 is 2.78. The summed E-state index contributed by atoms with van der Waals surface area (Å²) in [7, 11) is -8.98. The zero-order valence-corrected chi connectivity index (χ0v) is 25.0. The average Bonchev–Trinajstić information content (AvgIpc) is 3.43. The summed E-state index contributed by atoms with van der Waals surface area (Å²) in [5, 5.41) is 4.76. The highest BCUT2D eigenvalue weighted by molar-refractivity contribution is 8.03. The fourth-order valence-corrected chi connectivity index (χ4v) is 8.75. The van der Waals surface area contributed by atoms with Gasteiger partial charge in [0.1, 0.15) is 4.70 Å². The average molecular weight is 625 g/mol. The second-order valence-corrected chi connectivity index (χ2v) is 14.5. The Morgan fingerprint density at radius 1 is 0.951 bits per heavy atom. The lowest BCUT2D eigenvalue weighted by atomic mass is 10.1. The summed E-state index contributed by atoms with van der Waals surface area (Å²) < 4.78 is 72.3. The minimum absolute atomic E-state index is 0.542. The van der Waals surface area contributed by atoms with E-state index in [1.165, 1.54) is 23.1 Å². The van der Waals surface area contributed by atoms with Gasteiger partial charge in [0.15, 0.2) is 16.0 Å². The standard InChI is InChI=1S/C29H24N2O6S4/c1-2-19(15-26-30(17-40(32,33)34)28-22-9-5-3-7-20(22)11-13-24(28)38-26)16-27-31(18-41(35,36)37)29-23-10-6-4-8-21(23)12-14-25(29)39-27/h3-16H,2,17-18H2,1H3,(H-,32,33,34,35,36,37). The Kier molecular flexibility index (Phi) is 7.17. The van der Waals surface area contributed by atoms with Crippen LogP contribution in [0.5, 0.6) is 0 Å². The van der Waals surface area contributed by atoms with Gasteiger partial charge in [0.2, 0.25) is 11.4 Å². The molecule has 0 unspecified atom stereocenters. The molecule has 0 radical (unpaired) electrons. The topological polar surface area (TPSA) is 119 Å². The molecule has 0 fully saturated rings. The monoisotopic (exact) mass is 624 g/mol. The highest BCUT2D eigenvalue weighted by Gasteiger charge is 2.31. The number of aromatic nitrogens is 1. The van der Waals surface area contributed by atoms with E-state index in [9.17, 15) is 25.9 Å². The van der Waals surface area contributed by atoms with Gasteiger partial charge in [-0.3, -0.25) is 4.55 Å². The van der Waals surface area contributed by atoms with Crippen molar-refractivity contribution in [3.05, 3.63) is 94.5 Å². The second-order valence-electron chi connectivity index (χ2n) is 9.62. The summed E-state index contributed by atoms with van der Waals surface area (Å²) in [6.45, 7) is 1.94. The molecule has 1 aromatic heterocycles. The molecule has 0 atom stereocenters. The molecule has 8 nitrogen and oxygen atoms in total. The number of allylic oxidation sites excluding steroid dienone is 2. The Morgan fingerprint density at radius 3 is 2.29 bits per heavy atom. The first-order valence-corrected chi connectivity index (χ1v) is 17.4. The first kappa shape index (κ1) is 27.9. The maximum atomic E-state index is 12.1. The molecule has 210 valence electrons. The molecule has 12 heteroatoms. The van der Waals surface area contributed by atoms with Crippen LogP contribution in [0.25, 0.3) is 37.8 Å². The van der Waals surface area contributed by atoms with Gasteiger partial charge in [-0.1, -0.05) is 84.6 Å². The van der Waals surface area contributed by atoms with Crippen molar-refractivity contribution in [3.63, 3.8) is 0 Å². The third-order valence-electron chi connectivity index (χ3n) is 6.83. The Bertz CT molecular complexity index is 2130. The summed E-state index contributed by atoms with van der Waals surface area (Å²) in [5.41, 5.74) is 2.16. The van der Waals surface area contributed by atoms with Gasteiger partial charge in [-0.15, -0.1) is 0 Å². The number of nitrogens with zero attached hydrogens (tertiary/aromatic N) is 2. The number of thioether (sulfide) groups is 1. The number of thiazole rings is 1. The van der Waals surface area contributed by atoms with Crippen molar-refractivity contribution in [1.82, 2.24) is 0 Å². The van der Waals surface area contributed by atoms with E-state index in [-0.39, 0.29) is 0 Å². The molecule has 1 aliphatic rings. The van der Waals surface area contributed by atoms with Gasteiger partial charge in [0, 0.05) is 16.4 Å². The predicted octanol–water partition coefficient (Wildman–Crippen LogP) is 6.09. The highest BCUT2D eigenvalue weighted by atomic mass is 32.2. The van der Waals surface area contributed by atoms with Crippen molar-refractivity contribution >= 4 is 86.9 Å². The van der Waals surface area contributed by atoms with E-state index in [4.69, 9.17) is 0 Å². The Morgan fingerprint density at radius 2 is 1.61 bits per heavy atom. The van der Waals surface area contributed by atoms with E-state index in [1.807, 2.05) is 91.9 Å². The van der Waals surface area contributed by atoms with E-state index < -0.39 is 32.0 Å². The fraction of sp³-hybridized carbons (Fsp3) is 0.138. The molecule has 0 bridgehead atoms. The number of hydrogen-bond acceptors (Lipinski definition) is 8. The Labute approximate surface area is 245 Å². The third-order valence-corrected chi connectivity index (χ3v) is 10.2. The molecule has 0 saturated heterocycles. The van der Waals surface area contributed by atoms with Crippen LogP contribution in [0.2, 0.25) is 0 Å². The third kappa shape index (κ3) is 5.63. The van der Waals surface area contributed by atoms with E-state index in [0.717, 1.165) is 36.7 Å². The Hall–Kier alpha value is -3.26. The SMILES string of the molecule is CCC(=C/c1sc2ccc3ccccc3c2[n+]1CS(=O)(=O)[O-])/C=C1\Sc2ccc3ccccc3c2N1CS(=O)(=O)O. The molecule has 1 N–H and O–H groups in total. The van der Waals surface area contributed by atoms with Gasteiger partial charge in [-0.05, 0) is 47.0 Å². The largest absolute Gasteiger partial charge is 0.743 e. The smallest absolute Gasteiger partial charge is 0.283 e.